The number of hydrogen-bond donors (Lipinski definition) is 1. The van der Waals surface area contributed by atoms with Crippen LogP contribution in [0, 0.1) is 11.3 Å². The lowest BCUT2D eigenvalue weighted by Gasteiger charge is -2.06. The van der Waals surface area contributed by atoms with E-state index in [0.717, 1.165) is 35.3 Å². The van der Waals surface area contributed by atoms with Crippen molar-refractivity contribution in [1.29, 1.82) is 5.26 Å². The molecular formula is C19H18N2O4S. The number of amides is 1. The van der Waals surface area contributed by atoms with Crippen LogP contribution < -0.4 is 10.1 Å². The van der Waals surface area contributed by atoms with E-state index in [1.165, 1.54) is 11.3 Å². The largest absolute Gasteiger partial charge is 0.497 e. The Labute approximate surface area is 155 Å². The van der Waals surface area contributed by atoms with E-state index in [1.54, 1.807) is 31.4 Å². The maximum Gasteiger partial charge on any atom is 0.310 e. The first kappa shape index (κ1) is 18.0. The number of esters is 1. The molecule has 1 aromatic carbocycles. The maximum atomic E-state index is 12.0. The van der Waals surface area contributed by atoms with Crippen LogP contribution in [0.3, 0.4) is 0 Å². The minimum Gasteiger partial charge on any atom is -0.497 e. The summed E-state index contributed by atoms with van der Waals surface area (Å²) in [6.07, 6.45) is 2.95. The number of nitrogens with one attached hydrogen (secondary N) is 1. The van der Waals surface area contributed by atoms with Crippen molar-refractivity contribution in [3.05, 3.63) is 45.8 Å². The summed E-state index contributed by atoms with van der Waals surface area (Å²) in [7, 11) is 1.57. The molecule has 1 aromatic heterocycles. The van der Waals surface area contributed by atoms with Gasteiger partial charge in [0.15, 0.2) is 6.61 Å². The van der Waals surface area contributed by atoms with E-state index in [4.69, 9.17) is 9.47 Å². The van der Waals surface area contributed by atoms with Gasteiger partial charge in [0, 0.05) is 4.88 Å². The van der Waals surface area contributed by atoms with Crippen LogP contribution in [0.5, 0.6) is 5.75 Å². The zero-order valence-corrected chi connectivity index (χ0v) is 15.1. The fourth-order valence-corrected chi connectivity index (χ4v) is 4.14. The third kappa shape index (κ3) is 4.03. The van der Waals surface area contributed by atoms with E-state index in [-0.39, 0.29) is 13.0 Å². The zero-order valence-electron chi connectivity index (χ0n) is 14.3. The minimum absolute atomic E-state index is 0.0774. The monoisotopic (exact) mass is 370 g/mol. The molecule has 2 aromatic rings. The predicted molar refractivity (Wildman–Crippen MR) is 97.3 cm³/mol. The highest BCUT2D eigenvalue weighted by Gasteiger charge is 2.23. The number of aryl methyl sites for hydroxylation is 1. The lowest BCUT2D eigenvalue weighted by Crippen LogP contribution is -2.21. The van der Waals surface area contributed by atoms with Gasteiger partial charge in [-0.25, -0.2) is 0 Å². The molecule has 3 rings (SSSR count). The molecule has 26 heavy (non-hydrogen) atoms. The van der Waals surface area contributed by atoms with E-state index in [1.807, 2.05) is 0 Å². The molecule has 1 heterocycles. The number of fused-ring (bicyclic) bond motifs is 1. The number of nitriles is 1. The summed E-state index contributed by atoms with van der Waals surface area (Å²) in [4.78, 5) is 25.1. The molecule has 0 radical (unpaired) electrons. The number of anilines is 1. The van der Waals surface area contributed by atoms with Gasteiger partial charge in [0.1, 0.15) is 16.8 Å². The first-order valence-corrected chi connectivity index (χ1v) is 9.05. The Morgan fingerprint density at radius 1 is 1.27 bits per heavy atom. The molecular weight excluding hydrogens is 352 g/mol. The van der Waals surface area contributed by atoms with Crippen molar-refractivity contribution >= 4 is 28.2 Å². The van der Waals surface area contributed by atoms with E-state index >= 15 is 0 Å². The molecule has 0 unspecified atom stereocenters. The number of hydrogen-bond acceptors (Lipinski definition) is 6. The molecule has 1 amide bonds. The molecule has 0 spiro atoms. The number of carbonyl (C=O) groups excluding carboxylic acids is 2. The Hall–Kier alpha value is -2.85. The topological polar surface area (TPSA) is 88.4 Å². The van der Waals surface area contributed by atoms with Crippen molar-refractivity contribution in [3.63, 3.8) is 0 Å². The SMILES string of the molecule is COc1ccc(CC(=O)OCC(=O)Nc2sc3c(c2C#N)CCC3)cc1. The Morgan fingerprint density at radius 2 is 2.04 bits per heavy atom. The number of ether oxygens (including phenoxy) is 2. The fraction of sp³-hybridized carbons (Fsp3) is 0.316. The first-order valence-electron chi connectivity index (χ1n) is 8.23. The van der Waals surface area contributed by atoms with Gasteiger partial charge in [-0.2, -0.15) is 5.26 Å². The van der Waals surface area contributed by atoms with Crippen molar-refractivity contribution < 1.29 is 19.1 Å². The Balaban J connectivity index is 1.51. The van der Waals surface area contributed by atoms with Crippen LogP contribution in [0.25, 0.3) is 0 Å². The molecule has 0 fully saturated rings. The Kier molecular flexibility index (Phi) is 5.54. The average molecular weight is 370 g/mol. The molecule has 1 aliphatic rings. The van der Waals surface area contributed by atoms with Gasteiger partial charge in [-0.3, -0.25) is 9.59 Å². The van der Waals surface area contributed by atoms with Crippen molar-refractivity contribution in [3.8, 4) is 11.8 Å². The smallest absolute Gasteiger partial charge is 0.310 e. The van der Waals surface area contributed by atoms with Gasteiger partial charge in [-0.15, -0.1) is 11.3 Å². The van der Waals surface area contributed by atoms with Gasteiger partial charge in [-0.1, -0.05) is 12.1 Å². The molecule has 0 aliphatic heterocycles. The van der Waals surface area contributed by atoms with Crippen LogP contribution in [0.2, 0.25) is 0 Å². The normalized spacial score (nSPS) is 12.2. The molecule has 0 saturated heterocycles. The summed E-state index contributed by atoms with van der Waals surface area (Å²) in [6.45, 7) is -0.373. The third-order valence-corrected chi connectivity index (χ3v) is 5.37. The third-order valence-electron chi connectivity index (χ3n) is 4.16. The fourth-order valence-electron chi connectivity index (χ4n) is 2.88. The predicted octanol–water partition coefficient (Wildman–Crippen LogP) is 2.84. The number of benzene rings is 1. The number of nitrogens with zero attached hydrogens (tertiary/aromatic N) is 1. The number of methoxy groups -OCH3 is 1. The summed E-state index contributed by atoms with van der Waals surface area (Å²) in [5.74, 6) is -0.221. The second kappa shape index (κ2) is 8.02. The number of rotatable bonds is 6. The summed E-state index contributed by atoms with van der Waals surface area (Å²) in [5.41, 5.74) is 2.36. The summed E-state index contributed by atoms with van der Waals surface area (Å²) < 4.78 is 10.1. The molecule has 7 heteroatoms. The molecule has 0 atom stereocenters. The van der Waals surface area contributed by atoms with Gasteiger partial charge >= 0.3 is 5.97 Å². The second-order valence-corrected chi connectivity index (χ2v) is 7.01. The van der Waals surface area contributed by atoms with Gasteiger partial charge in [-0.05, 0) is 42.5 Å². The van der Waals surface area contributed by atoms with E-state index in [9.17, 15) is 14.9 Å². The van der Waals surface area contributed by atoms with E-state index < -0.39 is 11.9 Å². The van der Waals surface area contributed by atoms with Crippen LogP contribution >= 0.6 is 11.3 Å². The van der Waals surface area contributed by atoms with Crippen LogP contribution in [0.15, 0.2) is 24.3 Å². The lowest BCUT2D eigenvalue weighted by atomic mass is 10.1. The highest BCUT2D eigenvalue weighted by atomic mass is 32.1. The summed E-state index contributed by atoms with van der Waals surface area (Å²) in [6, 6.07) is 9.22. The first-order chi connectivity index (χ1) is 12.6. The molecule has 0 saturated carbocycles. The second-order valence-electron chi connectivity index (χ2n) is 5.91. The Morgan fingerprint density at radius 3 is 2.73 bits per heavy atom. The van der Waals surface area contributed by atoms with Gasteiger partial charge in [0.2, 0.25) is 0 Å². The van der Waals surface area contributed by atoms with Crippen molar-refractivity contribution in [2.24, 2.45) is 0 Å². The Bertz CT molecular complexity index is 865. The quantitative estimate of drug-likeness (QED) is 0.790. The van der Waals surface area contributed by atoms with Gasteiger partial charge < -0.3 is 14.8 Å². The molecule has 1 aliphatic carbocycles. The standard InChI is InChI=1S/C19H18N2O4S/c1-24-13-7-5-12(6-8-13)9-18(23)25-11-17(22)21-19-15(10-20)14-3-2-4-16(14)26-19/h5-8H,2-4,9,11H2,1H3,(H,21,22). The lowest BCUT2D eigenvalue weighted by molar-refractivity contribution is -0.146. The molecule has 0 bridgehead atoms. The minimum atomic E-state index is -0.487. The van der Waals surface area contributed by atoms with Crippen LogP contribution in [0.4, 0.5) is 5.00 Å². The molecule has 1 N–H and O–H groups in total. The van der Waals surface area contributed by atoms with Crippen molar-refractivity contribution in [2.45, 2.75) is 25.7 Å². The van der Waals surface area contributed by atoms with Crippen molar-refractivity contribution in [2.75, 3.05) is 19.0 Å². The highest BCUT2D eigenvalue weighted by molar-refractivity contribution is 7.16. The van der Waals surface area contributed by atoms with E-state index in [2.05, 4.69) is 11.4 Å². The van der Waals surface area contributed by atoms with Crippen LogP contribution in [0.1, 0.15) is 28.0 Å². The van der Waals surface area contributed by atoms with Crippen LogP contribution in [-0.4, -0.2) is 25.6 Å². The number of thiophene rings is 1. The molecule has 6 nitrogen and oxygen atoms in total. The number of carbonyl (C=O) groups is 2. The van der Waals surface area contributed by atoms with E-state index in [0.29, 0.717) is 16.3 Å². The maximum absolute atomic E-state index is 12.0. The summed E-state index contributed by atoms with van der Waals surface area (Å²) >= 11 is 1.44. The zero-order chi connectivity index (χ0) is 18.5. The average Bonchev–Trinajstić information content (AvgIpc) is 3.21. The van der Waals surface area contributed by atoms with Gasteiger partial charge in [0.05, 0.1) is 19.1 Å². The summed E-state index contributed by atoms with van der Waals surface area (Å²) in [5, 5.41) is 12.6. The van der Waals surface area contributed by atoms with Crippen LogP contribution in [-0.2, 0) is 33.6 Å². The van der Waals surface area contributed by atoms with Crippen molar-refractivity contribution in [1.82, 2.24) is 0 Å². The van der Waals surface area contributed by atoms with Gasteiger partial charge in [0.25, 0.3) is 5.91 Å². The molecule has 134 valence electrons. The highest BCUT2D eigenvalue weighted by Crippen LogP contribution is 2.38.